The number of fused-ring (bicyclic) bond motifs is 2. The van der Waals surface area contributed by atoms with E-state index in [9.17, 15) is 4.79 Å². The predicted molar refractivity (Wildman–Crippen MR) is 60.0 cm³/mol. The molecule has 0 aromatic carbocycles. The zero-order valence-electron chi connectivity index (χ0n) is 9.35. The normalized spacial score (nSPS) is 33.0. The van der Waals surface area contributed by atoms with Gasteiger partial charge in [0.05, 0.1) is 6.42 Å². The lowest BCUT2D eigenvalue weighted by molar-refractivity contribution is -0.120. The zero-order valence-corrected chi connectivity index (χ0v) is 9.35. The number of carbonyl (C=O) groups is 1. The van der Waals surface area contributed by atoms with Crippen molar-refractivity contribution < 1.29 is 10.0 Å². The van der Waals surface area contributed by atoms with Crippen molar-refractivity contribution in [2.24, 2.45) is 28.6 Å². The van der Waals surface area contributed by atoms with Crippen molar-refractivity contribution in [3.05, 3.63) is 0 Å². The molecule has 2 bridgehead atoms. The molecule has 3 unspecified atom stereocenters. The van der Waals surface area contributed by atoms with Gasteiger partial charge in [-0.3, -0.25) is 4.79 Å². The first-order valence-electron chi connectivity index (χ1n) is 5.92. The van der Waals surface area contributed by atoms with Crippen molar-refractivity contribution in [1.82, 2.24) is 5.32 Å². The van der Waals surface area contributed by atoms with Crippen molar-refractivity contribution >= 4 is 11.7 Å². The van der Waals surface area contributed by atoms with Gasteiger partial charge < -0.3 is 16.3 Å². The van der Waals surface area contributed by atoms with E-state index < -0.39 is 0 Å². The van der Waals surface area contributed by atoms with Crippen molar-refractivity contribution in [3.8, 4) is 0 Å². The Morgan fingerprint density at radius 1 is 1.44 bits per heavy atom. The van der Waals surface area contributed by atoms with Gasteiger partial charge in [-0.1, -0.05) is 11.6 Å². The lowest BCUT2D eigenvalue weighted by Gasteiger charge is -2.21. The number of amidine groups is 1. The lowest BCUT2D eigenvalue weighted by Crippen LogP contribution is -2.34. The zero-order chi connectivity index (χ0) is 11.5. The summed E-state index contributed by atoms with van der Waals surface area (Å²) < 4.78 is 0. The fourth-order valence-electron chi connectivity index (χ4n) is 3.13. The number of nitrogens with two attached hydrogens (primary N) is 1. The van der Waals surface area contributed by atoms with E-state index in [-0.39, 0.29) is 18.2 Å². The first kappa shape index (κ1) is 11.2. The number of hydrogen-bond acceptors (Lipinski definition) is 3. The smallest absolute Gasteiger partial charge is 0.227 e. The van der Waals surface area contributed by atoms with Crippen LogP contribution in [0.3, 0.4) is 0 Å². The molecule has 5 heteroatoms. The molecule has 2 fully saturated rings. The highest BCUT2D eigenvalue weighted by Gasteiger charge is 2.39. The molecule has 0 aromatic rings. The van der Waals surface area contributed by atoms with Crippen LogP contribution in [-0.4, -0.2) is 23.5 Å². The maximum Gasteiger partial charge on any atom is 0.227 e. The molecular weight excluding hydrogens is 206 g/mol. The van der Waals surface area contributed by atoms with Crippen molar-refractivity contribution in [2.45, 2.75) is 32.1 Å². The van der Waals surface area contributed by atoms with Gasteiger partial charge in [-0.25, -0.2) is 0 Å². The molecule has 2 rings (SSSR count). The van der Waals surface area contributed by atoms with Gasteiger partial charge in [0.25, 0.3) is 0 Å². The average Bonchev–Trinajstić information content (AvgIpc) is 2.87. The fraction of sp³-hybridized carbons (Fsp3) is 0.818. The third-order valence-electron chi connectivity index (χ3n) is 3.92. The van der Waals surface area contributed by atoms with Crippen LogP contribution in [0.1, 0.15) is 32.1 Å². The summed E-state index contributed by atoms with van der Waals surface area (Å²) in [6.07, 6.45) is 5.29. The van der Waals surface area contributed by atoms with Gasteiger partial charge in [-0.05, 0) is 37.0 Å². The number of oxime groups is 1. The molecule has 90 valence electrons. The van der Waals surface area contributed by atoms with Crippen LogP contribution >= 0.6 is 0 Å². The minimum Gasteiger partial charge on any atom is -0.409 e. The standard InChI is InChI=1S/C11H19N3O2/c12-10(14-16)5-11(15)13-6-9-4-7-1-2-8(9)3-7/h7-9,16H,1-6H2,(H2,12,14)(H,13,15). The molecule has 0 heterocycles. The van der Waals surface area contributed by atoms with E-state index in [1.165, 1.54) is 25.7 Å². The summed E-state index contributed by atoms with van der Waals surface area (Å²) in [5, 5.41) is 14.0. The largest absolute Gasteiger partial charge is 0.409 e. The number of nitrogens with zero attached hydrogens (tertiary/aromatic N) is 1. The molecular formula is C11H19N3O2. The summed E-state index contributed by atoms with van der Waals surface area (Å²) in [7, 11) is 0. The molecule has 5 nitrogen and oxygen atoms in total. The third-order valence-corrected chi connectivity index (χ3v) is 3.92. The average molecular weight is 225 g/mol. The minimum absolute atomic E-state index is 0.0166. The van der Waals surface area contributed by atoms with Gasteiger partial charge >= 0.3 is 0 Å². The SMILES string of the molecule is NC(CC(=O)NCC1CC2CCC1C2)=NO. The molecule has 3 atom stereocenters. The van der Waals surface area contributed by atoms with Crippen LogP contribution in [0.2, 0.25) is 0 Å². The van der Waals surface area contributed by atoms with Crippen LogP contribution in [0.15, 0.2) is 5.16 Å². The molecule has 4 N–H and O–H groups in total. The third kappa shape index (κ3) is 2.46. The highest BCUT2D eigenvalue weighted by molar-refractivity contribution is 5.98. The number of hydrogen-bond donors (Lipinski definition) is 3. The number of nitrogens with one attached hydrogen (secondary N) is 1. The summed E-state index contributed by atoms with van der Waals surface area (Å²) in [6.45, 7) is 0.749. The Kier molecular flexibility index (Phi) is 3.31. The Hall–Kier alpha value is -1.26. The quantitative estimate of drug-likeness (QED) is 0.284. The van der Waals surface area contributed by atoms with Crippen LogP contribution in [0.4, 0.5) is 0 Å². The van der Waals surface area contributed by atoms with Gasteiger partial charge in [0.15, 0.2) is 0 Å². The van der Waals surface area contributed by atoms with E-state index in [0.29, 0.717) is 5.92 Å². The topological polar surface area (TPSA) is 87.7 Å². The van der Waals surface area contributed by atoms with E-state index in [1.807, 2.05) is 0 Å². The molecule has 0 aromatic heterocycles. The van der Waals surface area contributed by atoms with Crippen molar-refractivity contribution in [1.29, 1.82) is 0 Å². The van der Waals surface area contributed by atoms with Crippen molar-refractivity contribution in [3.63, 3.8) is 0 Å². The summed E-state index contributed by atoms with van der Waals surface area (Å²) >= 11 is 0. The molecule has 2 saturated carbocycles. The Bertz CT molecular complexity index is 304. The summed E-state index contributed by atoms with van der Waals surface area (Å²) in [5.41, 5.74) is 5.26. The highest BCUT2D eigenvalue weighted by Crippen LogP contribution is 2.47. The molecule has 0 radical (unpaired) electrons. The maximum absolute atomic E-state index is 11.4. The number of rotatable bonds is 4. The molecule has 1 amide bonds. The van der Waals surface area contributed by atoms with Crippen LogP contribution in [0.25, 0.3) is 0 Å². The summed E-state index contributed by atoms with van der Waals surface area (Å²) in [4.78, 5) is 11.4. The predicted octanol–water partition coefficient (Wildman–Crippen LogP) is 0.675. The fourth-order valence-corrected chi connectivity index (χ4v) is 3.13. The van der Waals surface area contributed by atoms with Crippen LogP contribution in [0.5, 0.6) is 0 Å². The van der Waals surface area contributed by atoms with E-state index in [2.05, 4.69) is 10.5 Å². The van der Waals surface area contributed by atoms with Crippen LogP contribution in [0, 0.1) is 17.8 Å². The first-order valence-corrected chi connectivity index (χ1v) is 5.92. The molecule has 0 aliphatic heterocycles. The van der Waals surface area contributed by atoms with Crippen molar-refractivity contribution in [2.75, 3.05) is 6.54 Å². The summed E-state index contributed by atoms with van der Waals surface area (Å²) in [6, 6.07) is 0. The molecule has 16 heavy (non-hydrogen) atoms. The Balaban J connectivity index is 1.70. The Labute approximate surface area is 95.1 Å². The number of carbonyl (C=O) groups excluding carboxylic acids is 1. The summed E-state index contributed by atoms with van der Waals surface area (Å²) in [5.74, 6) is 2.17. The molecule has 0 spiro atoms. The minimum atomic E-state index is -0.155. The van der Waals surface area contributed by atoms with Gasteiger partial charge in [-0.2, -0.15) is 0 Å². The second kappa shape index (κ2) is 4.72. The Morgan fingerprint density at radius 3 is 2.81 bits per heavy atom. The van der Waals surface area contributed by atoms with Gasteiger partial charge in [-0.15, -0.1) is 0 Å². The van der Waals surface area contributed by atoms with E-state index in [4.69, 9.17) is 10.9 Å². The van der Waals surface area contributed by atoms with E-state index >= 15 is 0 Å². The Morgan fingerprint density at radius 2 is 2.25 bits per heavy atom. The highest BCUT2D eigenvalue weighted by atomic mass is 16.4. The first-order chi connectivity index (χ1) is 7.69. The second-order valence-corrected chi connectivity index (χ2v) is 5.01. The maximum atomic E-state index is 11.4. The van der Waals surface area contributed by atoms with Crippen LogP contribution < -0.4 is 11.1 Å². The molecule has 2 aliphatic carbocycles. The molecule has 2 aliphatic rings. The van der Waals surface area contributed by atoms with Crippen LogP contribution in [-0.2, 0) is 4.79 Å². The number of amides is 1. The van der Waals surface area contributed by atoms with E-state index in [1.54, 1.807) is 0 Å². The monoisotopic (exact) mass is 225 g/mol. The van der Waals surface area contributed by atoms with Gasteiger partial charge in [0, 0.05) is 6.54 Å². The van der Waals surface area contributed by atoms with E-state index in [0.717, 1.165) is 18.4 Å². The second-order valence-electron chi connectivity index (χ2n) is 5.01. The van der Waals surface area contributed by atoms with Gasteiger partial charge in [0.1, 0.15) is 5.84 Å². The van der Waals surface area contributed by atoms with Gasteiger partial charge in [0.2, 0.25) is 5.91 Å². The lowest BCUT2D eigenvalue weighted by atomic mass is 9.89. The molecule has 0 saturated heterocycles.